The van der Waals surface area contributed by atoms with E-state index in [2.05, 4.69) is 111 Å². The van der Waals surface area contributed by atoms with Gasteiger partial charge in [0, 0.05) is 84.9 Å². The van der Waals surface area contributed by atoms with Crippen molar-refractivity contribution in [3.05, 3.63) is 182 Å². The van der Waals surface area contributed by atoms with Crippen molar-refractivity contribution < 1.29 is 70.8 Å². The number of carbonyl (C=O) groups is 8. The number of alkyl carbamates (subject to hydrolysis) is 4. The van der Waals surface area contributed by atoms with Gasteiger partial charge in [-0.1, -0.05) is 108 Å². The molecular weight excluding hydrogens is 1850 g/mol. The van der Waals surface area contributed by atoms with Gasteiger partial charge in [-0.05, 0) is 209 Å². The van der Waals surface area contributed by atoms with Crippen molar-refractivity contribution in [2.75, 3.05) is 54.6 Å². The Balaban J connectivity index is 0.000000193. The van der Waals surface area contributed by atoms with E-state index in [1.54, 1.807) is 50.7 Å². The van der Waals surface area contributed by atoms with E-state index < -0.39 is 60.6 Å². The van der Waals surface area contributed by atoms with Crippen LogP contribution in [-0.2, 0) is 57.4 Å². The minimum Gasteiger partial charge on any atom is -0.464 e. The van der Waals surface area contributed by atoms with Crippen LogP contribution < -0.4 is 26.0 Å². The molecule has 0 bridgehead atoms. The number of aryl methyl sites for hydroxylation is 2. The highest BCUT2D eigenvalue weighted by Gasteiger charge is 2.45. The Morgan fingerprint density at radius 2 is 0.754 bits per heavy atom. The Hall–Kier alpha value is -13.2. The first kappa shape index (κ1) is 100. The highest BCUT2D eigenvalue weighted by molar-refractivity contribution is 7.12. The molecule has 6 fully saturated rings. The molecule has 3 unspecified atom stereocenters. The molecule has 4 saturated heterocycles. The molecule has 0 radical (unpaired) electrons. The van der Waals surface area contributed by atoms with Gasteiger partial charge in [-0.2, -0.15) is 0 Å². The number of amides is 8. The number of likely N-dealkylation sites (tertiary alicyclic amines) is 4. The Morgan fingerprint density at radius 1 is 0.408 bits per heavy atom. The first-order chi connectivity index (χ1) is 67.6. The third-order valence-electron chi connectivity index (χ3n) is 29.1. The van der Waals surface area contributed by atoms with E-state index in [1.807, 2.05) is 102 Å². The van der Waals surface area contributed by atoms with Crippen LogP contribution >= 0.6 is 22.7 Å². The van der Waals surface area contributed by atoms with Gasteiger partial charge in [0.05, 0.1) is 134 Å². The number of thiophene rings is 2. The van der Waals surface area contributed by atoms with Crippen molar-refractivity contribution in [1.82, 2.24) is 89.9 Å². The van der Waals surface area contributed by atoms with Crippen LogP contribution in [0, 0.1) is 47.1 Å². The normalized spacial score (nSPS) is 19.3. The molecule has 31 nitrogen and oxygen atoms in total. The molecule has 10 atom stereocenters. The number of fused-ring (bicyclic) bond motifs is 10. The maximum atomic E-state index is 17.1. The number of methoxy groups -OCH3 is 4. The second kappa shape index (κ2) is 42.2. The molecule has 8 amide bonds. The number of rotatable bonds is 28. The molecule has 2 saturated carbocycles. The second-order valence-electron chi connectivity index (χ2n) is 39.8. The van der Waals surface area contributed by atoms with E-state index in [1.165, 1.54) is 87.7 Å². The van der Waals surface area contributed by atoms with Crippen molar-refractivity contribution in [3.63, 3.8) is 0 Å². The van der Waals surface area contributed by atoms with Gasteiger partial charge >= 0.3 is 24.4 Å². The van der Waals surface area contributed by atoms with E-state index in [0.717, 1.165) is 124 Å². The molecule has 35 heteroatoms. The number of imidazole rings is 4. The van der Waals surface area contributed by atoms with Crippen LogP contribution in [0.5, 0.6) is 5.75 Å². The fourth-order valence-electron chi connectivity index (χ4n) is 21.3. The third kappa shape index (κ3) is 20.3. The highest BCUT2D eigenvalue weighted by atomic mass is 32.1. The average molecular weight is 1980 g/mol. The number of aromatic amines is 4. The van der Waals surface area contributed by atoms with Gasteiger partial charge in [0.15, 0.2) is 0 Å². The SMILES string of the molecule is C.C.COC(=O)NC(C(=O)N1CCC[C@H]1c1ncc(-c2cc(F)c3c(c2)CC(c2ccc(CCC4CC4)s2)n2c-3cc3cc(-c4cnc([C@@H]5CCCN5C(=O)[C@@H](NC(=O)OC)C(C)C)[nH]4)ccc32)[nH]1)C(C)C.COC(=O)N[C@H](C(=O)N1CCC[C@H]1c1ncc(-c2cc(F)c3c(c2)OC(c2ccc(CCC4CC4)s2)n2c-3cc3cc(-c4cnc([C@@H]5CCCN5C(=O)[C@@H](NC(=O)OC)C(C)C)[nH]4)ccc32)[nH]1)C(C)C. The lowest BCUT2D eigenvalue weighted by Crippen LogP contribution is -2.51. The number of hydrogen-bond donors (Lipinski definition) is 8. The van der Waals surface area contributed by atoms with Gasteiger partial charge < -0.3 is 89.1 Å². The fourth-order valence-corrected chi connectivity index (χ4v) is 23.4. The minimum atomic E-state index is -0.769. The van der Waals surface area contributed by atoms with Crippen LogP contribution in [0.2, 0.25) is 0 Å². The van der Waals surface area contributed by atoms with Crippen molar-refractivity contribution in [1.29, 1.82) is 0 Å². The summed E-state index contributed by atoms with van der Waals surface area (Å²) >= 11 is 3.58. The Bertz CT molecular complexity index is 6290. The summed E-state index contributed by atoms with van der Waals surface area (Å²) in [5, 5.41) is 12.7. The summed E-state index contributed by atoms with van der Waals surface area (Å²) in [4.78, 5) is 149. The minimum absolute atomic E-state index is 0. The standard InChI is InChI=1S/C53H62FN9O6S.C52H60FN9O7S.2CH4/c1-28(2)46(59-52(66)68-5)50(64)61-19-7-9-40(61)48-55-26-37(57-48)31-14-17-39-33(21-31)24-43-45-34(25-42(63(39)43)44-18-16-35(70-44)15-13-30-11-12-30)22-32(23-36(45)54)38-27-56-49(58-38)41-10-8-20-62(41)51(65)47(29(3)4)60-53(67)69-6;1-27(2)44(58-51(65)67-5)48(63)60-19-7-9-38(60)46-54-25-35(56-46)30-14-17-37-32(21-30)23-40-43-34(53)22-31(24-41(43)69-50(62(37)40)42-18-16-33(70-42)15-13-29-11-12-29)36-26-55-47(57-36)39-10-8-20-61(39)49(64)45(28(3)4)59-52(66)68-6;;/h14,16-18,21-24,26-30,40-42,46-47H,7-13,15,19-20,25H2,1-6H3,(H,55,57)(H,56,58)(H,59,66)(H,60,67);14,16-18,21-29,38-39,44-45,50H,7-13,15,19-20H2,1-6H3,(H,54,56)(H,55,57)(H,58,65)(H,59,66);2*1H4/t40-,41-,42?,46-,47?;38-,39-,44-,45-,50?;;/m00../s1. The number of H-pyrrole nitrogens is 4. The Kier molecular flexibility index (Phi) is 29.8. The first-order valence-electron chi connectivity index (χ1n) is 49.2. The molecule has 14 heterocycles. The summed E-state index contributed by atoms with van der Waals surface area (Å²) in [5.74, 6) is 2.45. The predicted molar refractivity (Wildman–Crippen MR) is 541 cm³/mol. The fraction of sp³-hybridized carbons (Fsp3) is 0.477. The van der Waals surface area contributed by atoms with E-state index in [9.17, 15) is 38.4 Å². The quantitative estimate of drug-likeness (QED) is 0.0211. The molecule has 8 aromatic heterocycles. The molecule has 142 heavy (non-hydrogen) atoms. The van der Waals surface area contributed by atoms with Gasteiger partial charge in [0.1, 0.15) is 64.8 Å². The zero-order valence-electron chi connectivity index (χ0n) is 81.0. The number of nitrogens with zero attached hydrogens (tertiary/aromatic N) is 10. The third-order valence-corrected chi connectivity index (χ3v) is 31.6. The van der Waals surface area contributed by atoms with Gasteiger partial charge in [-0.25, -0.2) is 47.9 Å². The largest absolute Gasteiger partial charge is 0.464 e. The summed E-state index contributed by atoms with van der Waals surface area (Å²) in [6, 6.07) is 28.1. The smallest absolute Gasteiger partial charge is 0.407 e. The number of aromatic nitrogens is 10. The maximum Gasteiger partial charge on any atom is 0.407 e. The topological polar surface area (TPSA) is 368 Å². The molecule has 6 aliphatic heterocycles. The summed E-state index contributed by atoms with van der Waals surface area (Å²) in [7, 11) is 5.12. The Labute approximate surface area is 833 Å². The lowest BCUT2D eigenvalue weighted by molar-refractivity contribution is -0.136. The molecule has 8 N–H and O–H groups in total. The van der Waals surface area contributed by atoms with Crippen LogP contribution in [0.3, 0.4) is 0 Å². The summed E-state index contributed by atoms with van der Waals surface area (Å²) in [5.41, 5.74) is 11.1. The van der Waals surface area contributed by atoms with Crippen LogP contribution in [0.1, 0.15) is 245 Å². The summed E-state index contributed by atoms with van der Waals surface area (Å²) in [6.07, 6.45) is 20.1. The van der Waals surface area contributed by atoms with Gasteiger partial charge in [-0.15, -0.1) is 22.7 Å². The second-order valence-corrected chi connectivity index (χ2v) is 42.2. The molecule has 20 rings (SSSR count). The Morgan fingerprint density at radius 3 is 1.13 bits per heavy atom. The summed E-state index contributed by atoms with van der Waals surface area (Å²) in [6.45, 7) is 17.3. The van der Waals surface area contributed by atoms with Crippen molar-refractivity contribution in [3.8, 4) is 73.3 Å². The van der Waals surface area contributed by atoms with Gasteiger partial charge in [0.2, 0.25) is 29.9 Å². The molecule has 0 spiro atoms. The molecule has 2 aliphatic carbocycles. The van der Waals surface area contributed by atoms with Gasteiger partial charge in [-0.3, -0.25) is 23.7 Å². The number of halogens is 2. The van der Waals surface area contributed by atoms with E-state index >= 15 is 8.78 Å². The number of nitrogens with one attached hydrogen (secondary N) is 8. The molecule has 4 aromatic carbocycles. The van der Waals surface area contributed by atoms with Crippen LogP contribution in [0.25, 0.3) is 89.4 Å². The van der Waals surface area contributed by atoms with Crippen molar-refractivity contribution >= 4 is 92.5 Å². The first-order valence-corrected chi connectivity index (χ1v) is 50.8. The van der Waals surface area contributed by atoms with E-state index in [0.29, 0.717) is 114 Å². The zero-order valence-corrected chi connectivity index (χ0v) is 82.6. The lowest BCUT2D eigenvalue weighted by Gasteiger charge is -2.30. The van der Waals surface area contributed by atoms with Crippen molar-refractivity contribution in [2.24, 2.45) is 35.5 Å². The van der Waals surface area contributed by atoms with Crippen LogP contribution in [-0.4, -0.2) is 195 Å². The average Bonchev–Trinajstić information content (AvgIpc) is 1.57. The highest BCUT2D eigenvalue weighted by Crippen LogP contribution is 2.52. The van der Waals surface area contributed by atoms with Crippen LogP contribution in [0.4, 0.5) is 28.0 Å². The maximum absolute atomic E-state index is 17.1. The predicted octanol–water partition coefficient (Wildman–Crippen LogP) is 20.8. The van der Waals surface area contributed by atoms with Gasteiger partial charge in [0.25, 0.3) is 0 Å². The van der Waals surface area contributed by atoms with E-state index in [4.69, 9.17) is 43.6 Å². The summed E-state index contributed by atoms with van der Waals surface area (Å²) < 4.78 is 64.6. The number of hydrogen-bond acceptors (Lipinski definition) is 19. The molecular formula is C107H130F2N18O13S2. The molecule has 12 aromatic rings. The number of benzene rings is 4. The molecule has 8 aliphatic rings. The molecule has 752 valence electrons. The van der Waals surface area contributed by atoms with E-state index in [-0.39, 0.29) is 98.2 Å². The lowest BCUT2D eigenvalue weighted by atomic mass is 9.90. The van der Waals surface area contributed by atoms with Crippen LogP contribution in [0.15, 0.2) is 122 Å². The number of carbonyl (C=O) groups excluding carboxylic acids is 8. The zero-order chi connectivity index (χ0) is 97.9. The van der Waals surface area contributed by atoms with Crippen molar-refractivity contribution in [2.45, 2.75) is 240 Å². The number of ether oxygens (including phenoxy) is 5. The monoisotopic (exact) mass is 1980 g/mol.